The van der Waals surface area contributed by atoms with Crippen LogP contribution in [0.1, 0.15) is 49.2 Å². The molecule has 16 heteroatoms. The second-order valence-corrected chi connectivity index (χ2v) is 16.7. The number of carbonyl (C=O) groups excluding carboxylic acids is 2. The summed E-state index contributed by atoms with van der Waals surface area (Å²) in [7, 11) is -0.660. The highest BCUT2D eigenvalue weighted by molar-refractivity contribution is 7.92. The maximum Gasteiger partial charge on any atom is 0.323 e. The standard InChI is InChI=1S/C45H52N6O9S/c1-9-31-13-12-14-32(25-31)43(52)51(30(2)29-59-24-23-58-22-21-56-6)49-41-28-34(19-20-46-41)60-40-18-17-37(35-15-10-11-16-36(35)40)47-44(53)48-38-26-33(45(3,4)5)27-39(42(38)57-7)50-61(8,54)55/h1,10-20,25-28,30,50H,21-24,29H2,2-8H3,(H,46,49)(H2,47,48,53)/t30-/m0/s1. The highest BCUT2D eigenvalue weighted by Crippen LogP contribution is 2.40. The Morgan fingerprint density at radius 2 is 1.56 bits per heavy atom. The third kappa shape index (κ3) is 12.8. The molecule has 322 valence electrons. The van der Waals surface area contributed by atoms with Crippen molar-refractivity contribution in [3.63, 3.8) is 0 Å². The third-order valence-electron chi connectivity index (χ3n) is 9.13. The minimum Gasteiger partial charge on any atom is -0.492 e. The van der Waals surface area contributed by atoms with Gasteiger partial charge in [-0.3, -0.25) is 14.9 Å². The Bertz CT molecular complexity index is 2480. The predicted molar refractivity (Wildman–Crippen MR) is 238 cm³/mol. The van der Waals surface area contributed by atoms with Crippen LogP contribution in [0.3, 0.4) is 0 Å². The largest absolute Gasteiger partial charge is 0.492 e. The molecule has 1 aromatic heterocycles. The van der Waals surface area contributed by atoms with E-state index in [0.29, 0.717) is 71.3 Å². The number of hydrogen-bond donors (Lipinski definition) is 4. The number of pyridine rings is 1. The van der Waals surface area contributed by atoms with Gasteiger partial charge in [0, 0.05) is 41.3 Å². The zero-order valence-corrected chi connectivity index (χ0v) is 36.1. The van der Waals surface area contributed by atoms with Gasteiger partial charge in [-0.25, -0.2) is 23.2 Å². The van der Waals surface area contributed by atoms with Crippen LogP contribution < -0.4 is 30.3 Å². The molecule has 5 aromatic rings. The van der Waals surface area contributed by atoms with Crippen molar-refractivity contribution in [2.24, 2.45) is 0 Å². The Balaban J connectivity index is 1.36. The first-order chi connectivity index (χ1) is 29.1. The molecule has 0 aliphatic rings. The lowest BCUT2D eigenvalue weighted by molar-refractivity contribution is 0.0110. The van der Waals surface area contributed by atoms with E-state index in [0.717, 1.165) is 11.8 Å². The fraction of sp³-hybridized carbons (Fsp3) is 0.311. The minimum atomic E-state index is -3.66. The van der Waals surface area contributed by atoms with Crippen molar-refractivity contribution in [2.75, 3.05) is 74.3 Å². The molecule has 0 aliphatic heterocycles. The monoisotopic (exact) mass is 852 g/mol. The topological polar surface area (TPSA) is 179 Å². The van der Waals surface area contributed by atoms with Crippen LogP contribution in [-0.4, -0.2) is 89.9 Å². The molecule has 4 N–H and O–H groups in total. The summed E-state index contributed by atoms with van der Waals surface area (Å²) < 4.78 is 55.2. The highest BCUT2D eigenvalue weighted by Gasteiger charge is 2.25. The summed E-state index contributed by atoms with van der Waals surface area (Å²) in [6, 6.07) is 23.4. The van der Waals surface area contributed by atoms with Gasteiger partial charge in [0.1, 0.15) is 17.3 Å². The Morgan fingerprint density at radius 1 is 0.852 bits per heavy atom. The van der Waals surface area contributed by atoms with E-state index >= 15 is 0 Å². The number of fused-ring (bicyclic) bond motifs is 1. The van der Waals surface area contributed by atoms with Gasteiger partial charge in [0.2, 0.25) is 10.0 Å². The first-order valence-corrected chi connectivity index (χ1v) is 21.2. The summed E-state index contributed by atoms with van der Waals surface area (Å²) in [6.07, 6.45) is 8.22. The van der Waals surface area contributed by atoms with Crippen molar-refractivity contribution in [2.45, 2.75) is 39.2 Å². The predicted octanol–water partition coefficient (Wildman–Crippen LogP) is 7.87. The molecule has 61 heavy (non-hydrogen) atoms. The van der Waals surface area contributed by atoms with Crippen molar-refractivity contribution in [3.8, 4) is 29.6 Å². The molecule has 3 amide bonds. The molecule has 15 nitrogen and oxygen atoms in total. The molecule has 0 saturated carbocycles. The molecule has 5 rings (SSSR count). The number of ether oxygens (including phenoxy) is 5. The quantitative estimate of drug-likeness (QED) is 0.0361. The molecule has 0 fully saturated rings. The van der Waals surface area contributed by atoms with Gasteiger partial charge in [0.15, 0.2) is 5.75 Å². The number of urea groups is 1. The van der Waals surface area contributed by atoms with Gasteiger partial charge in [-0.1, -0.05) is 57.0 Å². The SMILES string of the molecule is C#Cc1cccc(C(=O)N(Nc2cc(Oc3ccc(NC(=O)Nc4cc(C(C)(C)C)cc(NS(C)(=O)=O)c4OC)c4ccccc34)ccn2)[C@@H](C)COCCOCCOC)c1. The smallest absolute Gasteiger partial charge is 0.323 e. The van der Waals surface area contributed by atoms with Gasteiger partial charge in [0.25, 0.3) is 5.91 Å². The Morgan fingerprint density at radius 3 is 2.26 bits per heavy atom. The zero-order valence-electron chi connectivity index (χ0n) is 35.3. The number of hydrogen-bond acceptors (Lipinski definition) is 11. The molecule has 0 bridgehead atoms. The lowest BCUT2D eigenvalue weighted by Gasteiger charge is -2.30. The van der Waals surface area contributed by atoms with Crippen molar-refractivity contribution in [1.82, 2.24) is 9.99 Å². The van der Waals surface area contributed by atoms with Crippen LogP contribution in [0.25, 0.3) is 10.8 Å². The molecule has 0 spiro atoms. The number of terminal acetylenes is 1. The van der Waals surface area contributed by atoms with Crippen molar-refractivity contribution >= 4 is 55.6 Å². The van der Waals surface area contributed by atoms with Crippen molar-refractivity contribution in [1.29, 1.82) is 0 Å². The maximum atomic E-state index is 13.9. The second-order valence-electron chi connectivity index (χ2n) is 15.0. The number of sulfonamides is 1. The summed E-state index contributed by atoms with van der Waals surface area (Å²) in [5, 5.41) is 8.56. The van der Waals surface area contributed by atoms with Crippen LogP contribution in [0.5, 0.6) is 17.2 Å². The molecule has 0 radical (unpaired) electrons. The third-order valence-corrected chi connectivity index (χ3v) is 9.72. The fourth-order valence-corrected chi connectivity index (χ4v) is 6.67. The van der Waals surface area contributed by atoms with Crippen LogP contribution in [0.4, 0.5) is 27.7 Å². The molecule has 0 saturated heterocycles. The number of anilines is 4. The number of methoxy groups -OCH3 is 2. The second kappa shape index (κ2) is 20.7. The van der Waals surface area contributed by atoms with E-state index in [2.05, 4.69) is 31.7 Å². The first-order valence-electron chi connectivity index (χ1n) is 19.4. The van der Waals surface area contributed by atoms with Gasteiger partial charge in [-0.05, 0) is 66.4 Å². The van der Waals surface area contributed by atoms with Gasteiger partial charge < -0.3 is 34.3 Å². The van der Waals surface area contributed by atoms with E-state index in [1.165, 1.54) is 12.1 Å². The molecule has 0 unspecified atom stereocenters. The molecular weight excluding hydrogens is 801 g/mol. The molecule has 1 heterocycles. The van der Waals surface area contributed by atoms with Gasteiger partial charge in [-0.2, -0.15) is 0 Å². The Kier molecular flexibility index (Phi) is 15.5. The maximum absolute atomic E-state index is 13.9. The Hall–Kier alpha value is -6.38. The van der Waals surface area contributed by atoms with Crippen LogP contribution in [0.15, 0.2) is 91.1 Å². The number of benzene rings is 4. The van der Waals surface area contributed by atoms with Crippen LogP contribution >= 0.6 is 0 Å². The molecule has 4 aromatic carbocycles. The van der Waals surface area contributed by atoms with Crippen molar-refractivity contribution < 1.29 is 41.7 Å². The lowest BCUT2D eigenvalue weighted by atomic mass is 9.86. The van der Waals surface area contributed by atoms with Crippen LogP contribution in [-0.2, 0) is 29.6 Å². The molecular formula is C45H52N6O9S. The van der Waals surface area contributed by atoms with Crippen LogP contribution in [0, 0.1) is 12.3 Å². The zero-order chi connectivity index (χ0) is 44.2. The summed E-state index contributed by atoms with van der Waals surface area (Å²) >= 11 is 0. The first kappa shape index (κ1) is 45.7. The summed E-state index contributed by atoms with van der Waals surface area (Å²) in [4.78, 5) is 32.0. The van der Waals surface area contributed by atoms with Gasteiger partial charge >= 0.3 is 6.03 Å². The number of rotatable bonds is 19. The average molecular weight is 853 g/mol. The number of nitrogens with zero attached hydrogens (tertiary/aromatic N) is 2. The van der Waals surface area contributed by atoms with E-state index in [1.807, 2.05) is 52.0 Å². The van der Waals surface area contributed by atoms with Crippen molar-refractivity contribution in [3.05, 3.63) is 108 Å². The van der Waals surface area contributed by atoms with E-state index in [9.17, 15) is 18.0 Å². The Labute approximate surface area is 357 Å². The van der Waals surface area contributed by atoms with Gasteiger partial charge in [0.05, 0.1) is 69.5 Å². The molecule has 1 atom stereocenters. The number of hydrazine groups is 1. The normalized spacial score (nSPS) is 11.9. The summed E-state index contributed by atoms with van der Waals surface area (Å²) in [5.74, 6) is 3.62. The van der Waals surface area contributed by atoms with E-state index < -0.39 is 22.1 Å². The number of nitrogens with one attached hydrogen (secondary N) is 4. The van der Waals surface area contributed by atoms with E-state index in [1.54, 1.807) is 74.0 Å². The van der Waals surface area contributed by atoms with E-state index in [4.69, 9.17) is 30.1 Å². The number of carbonyl (C=O) groups is 2. The number of aromatic nitrogens is 1. The average Bonchev–Trinajstić information content (AvgIpc) is 3.22. The summed E-state index contributed by atoms with van der Waals surface area (Å²) in [6.45, 7) is 9.59. The highest BCUT2D eigenvalue weighted by atomic mass is 32.2. The fourth-order valence-electron chi connectivity index (χ4n) is 6.11. The summed E-state index contributed by atoms with van der Waals surface area (Å²) in [5.41, 5.74) is 5.43. The van der Waals surface area contributed by atoms with Crippen LogP contribution in [0.2, 0.25) is 0 Å². The lowest BCUT2D eigenvalue weighted by Crippen LogP contribution is -2.45. The molecule has 0 aliphatic carbocycles. The minimum absolute atomic E-state index is 0.154. The van der Waals surface area contributed by atoms with E-state index in [-0.39, 0.29) is 35.1 Å². The van der Waals surface area contributed by atoms with Gasteiger partial charge in [-0.15, -0.1) is 6.42 Å². The number of amides is 3.